The fraction of sp³-hybridized carbons (Fsp3) is 0. The zero-order valence-electron chi connectivity index (χ0n) is 18.0. The lowest BCUT2D eigenvalue weighted by molar-refractivity contribution is 1.53. The van der Waals surface area contributed by atoms with E-state index in [0.717, 1.165) is 75.9 Å². The van der Waals surface area contributed by atoms with Gasteiger partial charge in [-0.1, -0.05) is 96.0 Å². The fourth-order valence-electron chi connectivity index (χ4n) is 5.29. The Morgan fingerprint density at radius 1 is 0.441 bits per heavy atom. The number of benzene rings is 5. The van der Waals surface area contributed by atoms with Gasteiger partial charge in [-0.3, -0.25) is 0 Å². The van der Waals surface area contributed by atoms with Gasteiger partial charge in [0.2, 0.25) is 0 Å². The number of hydrogen-bond donors (Lipinski definition) is 2. The molecule has 0 saturated heterocycles. The Balaban J connectivity index is 1.85. The number of nitrogens with one attached hydrogen (secondary N) is 2. The lowest BCUT2D eigenvalue weighted by Gasteiger charge is -2.15. The minimum Gasteiger partial charge on any atom is -0.354 e. The first-order chi connectivity index (χ1) is 16.7. The van der Waals surface area contributed by atoms with Gasteiger partial charge in [0, 0.05) is 64.9 Å². The largest absolute Gasteiger partial charge is 0.354 e. The van der Waals surface area contributed by atoms with Crippen LogP contribution in [0.15, 0.2) is 97.1 Å². The molecular weight excluding hydrogens is 459 g/mol. The van der Waals surface area contributed by atoms with Crippen LogP contribution in [0.4, 0.5) is 0 Å². The summed E-state index contributed by atoms with van der Waals surface area (Å²) in [6.07, 6.45) is 0. The van der Waals surface area contributed by atoms with Crippen LogP contribution in [-0.2, 0) is 0 Å². The Morgan fingerprint density at radius 2 is 0.824 bits per heavy atom. The zero-order chi connectivity index (χ0) is 22.8. The smallest absolute Gasteiger partial charge is 0.0559 e. The molecular formula is C30H18Cl2N2. The van der Waals surface area contributed by atoms with Crippen molar-refractivity contribution in [1.29, 1.82) is 0 Å². The number of aromatic amines is 2. The van der Waals surface area contributed by atoms with E-state index in [1.54, 1.807) is 0 Å². The molecule has 7 rings (SSSR count). The van der Waals surface area contributed by atoms with Crippen molar-refractivity contribution < 1.29 is 0 Å². The van der Waals surface area contributed by atoms with Gasteiger partial charge in [0.05, 0.1) is 11.0 Å². The predicted molar refractivity (Wildman–Crippen MR) is 146 cm³/mol. The summed E-state index contributed by atoms with van der Waals surface area (Å²) in [5.41, 5.74) is 8.47. The molecule has 0 amide bonds. The highest BCUT2D eigenvalue weighted by Gasteiger charge is 2.24. The SMILES string of the molecule is Clc1ccccc1-c1c2[nH]c3ccccc3c2c(-c2ccccc2Cl)c2[nH]c3ccccc3c12. The van der Waals surface area contributed by atoms with Gasteiger partial charge in [0.1, 0.15) is 0 Å². The van der Waals surface area contributed by atoms with E-state index in [1.807, 2.05) is 36.4 Å². The zero-order valence-corrected chi connectivity index (χ0v) is 19.5. The maximum Gasteiger partial charge on any atom is 0.0559 e. The summed E-state index contributed by atoms with van der Waals surface area (Å²) in [5, 5.41) is 6.02. The lowest BCUT2D eigenvalue weighted by atomic mass is 9.90. The van der Waals surface area contributed by atoms with Crippen LogP contribution in [0.25, 0.3) is 65.9 Å². The summed E-state index contributed by atoms with van der Waals surface area (Å²) in [7, 11) is 0. The summed E-state index contributed by atoms with van der Waals surface area (Å²) in [4.78, 5) is 7.47. The van der Waals surface area contributed by atoms with E-state index >= 15 is 0 Å². The summed E-state index contributed by atoms with van der Waals surface area (Å²) >= 11 is 13.6. The molecule has 0 radical (unpaired) electrons. The second-order valence-corrected chi connectivity index (χ2v) is 9.37. The molecule has 2 aromatic heterocycles. The van der Waals surface area contributed by atoms with E-state index in [2.05, 4.69) is 70.6 Å². The average Bonchev–Trinajstić information content (AvgIpc) is 3.43. The lowest BCUT2D eigenvalue weighted by Crippen LogP contribution is -1.90. The predicted octanol–water partition coefficient (Wildman–Crippen LogP) is 9.60. The Morgan fingerprint density at radius 3 is 1.26 bits per heavy atom. The molecule has 0 aliphatic heterocycles. The molecule has 0 aliphatic rings. The number of fused-ring (bicyclic) bond motifs is 6. The van der Waals surface area contributed by atoms with Gasteiger partial charge in [-0.25, -0.2) is 0 Å². The van der Waals surface area contributed by atoms with Crippen LogP contribution in [0.3, 0.4) is 0 Å². The van der Waals surface area contributed by atoms with E-state index < -0.39 is 0 Å². The minimum absolute atomic E-state index is 0.722. The Bertz CT molecular complexity index is 1750. The van der Waals surface area contributed by atoms with Crippen molar-refractivity contribution in [3.05, 3.63) is 107 Å². The summed E-state index contributed by atoms with van der Waals surface area (Å²) in [6.45, 7) is 0. The molecule has 0 bridgehead atoms. The van der Waals surface area contributed by atoms with Crippen molar-refractivity contribution in [3.63, 3.8) is 0 Å². The molecule has 162 valence electrons. The summed E-state index contributed by atoms with van der Waals surface area (Å²) in [5.74, 6) is 0. The number of hydrogen-bond acceptors (Lipinski definition) is 0. The van der Waals surface area contributed by atoms with Crippen molar-refractivity contribution >= 4 is 66.8 Å². The van der Waals surface area contributed by atoms with E-state index in [0.29, 0.717) is 0 Å². The van der Waals surface area contributed by atoms with Crippen LogP contribution >= 0.6 is 23.2 Å². The highest BCUT2D eigenvalue weighted by molar-refractivity contribution is 6.39. The molecule has 0 atom stereocenters. The molecule has 0 saturated carbocycles. The molecule has 34 heavy (non-hydrogen) atoms. The Kier molecular flexibility index (Phi) is 4.29. The van der Waals surface area contributed by atoms with Gasteiger partial charge in [0.25, 0.3) is 0 Å². The average molecular weight is 477 g/mol. The normalized spacial score (nSPS) is 11.8. The van der Waals surface area contributed by atoms with Crippen LogP contribution in [0.2, 0.25) is 10.0 Å². The maximum atomic E-state index is 6.81. The fourth-order valence-corrected chi connectivity index (χ4v) is 5.76. The summed E-state index contributed by atoms with van der Waals surface area (Å²) < 4.78 is 0. The van der Waals surface area contributed by atoms with Gasteiger partial charge < -0.3 is 9.97 Å². The van der Waals surface area contributed by atoms with Crippen molar-refractivity contribution in [3.8, 4) is 22.3 Å². The molecule has 5 aromatic carbocycles. The standard InChI is InChI=1S/C30H18Cl2N2/c31-21-13-5-1-9-17(21)25-27-19-11-3-7-15-23(19)34-30(27)26(18-10-2-6-14-22(18)32)28-20-12-4-8-16-24(20)33-29(25)28/h1-16,33-34H. The van der Waals surface area contributed by atoms with Crippen molar-refractivity contribution in [2.24, 2.45) is 0 Å². The van der Waals surface area contributed by atoms with E-state index in [-0.39, 0.29) is 0 Å². The Hall–Kier alpha value is -3.72. The van der Waals surface area contributed by atoms with Gasteiger partial charge in [0.15, 0.2) is 0 Å². The van der Waals surface area contributed by atoms with Crippen molar-refractivity contribution in [2.75, 3.05) is 0 Å². The maximum absolute atomic E-state index is 6.81. The third-order valence-electron chi connectivity index (χ3n) is 6.70. The number of aromatic nitrogens is 2. The van der Waals surface area contributed by atoms with Crippen molar-refractivity contribution in [1.82, 2.24) is 9.97 Å². The minimum atomic E-state index is 0.722. The van der Waals surface area contributed by atoms with Crippen molar-refractivity contribution in [2.45, 2.75) is 0 Å². The second kappa shape index (κ2) is 7.39. The first-order valence-electron chi connectivity index (χ1n) is 11.2. The molecule has 4 heteroatoms. The van der Waals surface area contributed by atoms with Gasteiger partial charge in [-0.05, 0) is 24.3 Å². The number of rotatable bonds is 2. The third kappa shape index (κ3) is 2.70. The van der Waals surface area contributed by atoms with Crippen LogP contribution < -0.4 is 0 Å². The van der Waals surface area contributed by atoms with E-state index in [1.165, 1.54) is 0 Å². The number of halogens is 2. The topological polar surface area (TPSA) is 31.6 Å². The van der Waals surface area contributed by atoms with Crippen LogP contribution in [-0.4, -0.2) is 9.97 Å². The van der Waals surface area contributed by atoms with Crippen LogP contribution in [0.1, 0.15) is 0 Å². The van der Waals surface area contributed by atoms with Gasteiger partial charge in [-0.15, -0.1) is 0 Å². The molecule has 2 heterocycles. The molecule has 0 spiro atoms. The molecule has 2 nitrogen and oxygen atoms in total. The van der Waals surface area contributed by atoms with Crippen LogP contribution in [0.5, 0.6) is 0 Å². The molecule has 2 N–H and O–H groups in total. The second-order valence-electron chi connectivity index (χ2n) is 8.55. The molecule has 0 unspecified atom stereocenters. The van der Waals surface area contributed by atoms with Gasteiger partial charge >= 0.3 is 0 Å². The van der Waals surface area contributed by atoms with E-state index in [9.17, 15) is 0 Å². The number of para-hydroxylation sites is 2. The highest BCUT2D eigenvalue weighted by atomic mass is 35.5. The summed E-state index contributed by atoms with van der Waals surface area (Å²) in [6, 6.07) is 33.0. The first kappa shape index (κ1) is 19.7. The molecule has 7 aromatic rings. The number of H-pyrrole nitrogens is 2. The third-order valence-corrected chi connectivity index (χ3v) is 7.36. The molecule has 0 aliphatic carbocycles. The quantitative estimate of drug-likeness (QED) is 0.248. The van der Waals surface area contributed by atoms with E-state index in [4.69, 9.17) is 23.2 Å². The Labute approximate surface area is 205 Å². The van der Waals surface area contributed by atoms with Gasteiger partial charge in [-0.2, -0.15) is 0 Å². The first-order valence-corrected chi connectivity index (χ1v) is 11.9. The highest BCUT2D eigenvalue weighted by Crippen LogP contribution is 2.50. The van der Waals surface area contributed by atoms with Crippen LogP contribution in [0, 0.1) is 0 Å². The molecule has 0 fully saturated rings. The monoisotopic (exact) mass is 476 g/mol.